The highest BCUT2D eigenvalue weighted by atomic mass is 35.5. The summed E-state index contributed by atoms with van der Waals surface area (Å²) in [6.45, 7) is 3.50. The molecule has 16 heavy (non-hydrogen) atoms. The summed E-state index contributed by atoms with van der Waals surface area (Å²) in [6.07, 6.45) is 2.52. The Hall–Kier alpha value is -0.600. The SMILES string of the molecule is Cc1ccc(F)cc1CNCC(Cl)C1CC1. The second kappa shape index (κ2) is 5.15. The van der Waals surface area contributed by atoms with Gasteiger partial charge < -0.3 is 5.32 Å². The number of nitrogens with one attached hydrogen (secondary N) is 1. The van der Waals surface area contributed by atoms with Gasteiger partial charge in [-0.25, -0.2) is 4.39 Å². The Morgan fingerprint density at radius 3 is 2.94 bits per heavy atom. The summed E-state index contributed by atoms with van der Waals surface area (Å²) in [5.74, 6) is 0.523. The predicted octanol–water partition coefficient (Wildman–Crippen LogP) is 3.24. The molecule has 1 aliphatic rings. The monoisotopic (exact) mass is 241 g/mol. The fourth-order valence-corrected chi connectivity index (χ4v) is 2.16. The predicted molar refractivity (Wildman–Crippen MR) is 65.2 cm³/mol. The molecule has 1 aromatic carbocycles. The van der Waals surface area contributed by atoms with Crippen LogP contribution in [0.4, 0.5) is 4.39 Å². The standard InChI is InChI=1S/C13H17ClFN/c1-9-2-5-12(15)6-11(9)7-16-8-13(14)10-3-4-10/h2,5-6,10,13,16H,3-4,7-8H2,1H3. The van der Waals surface area contributed by atoms with E-state index in [2.05, 4.69) is 5.32 Å². The van der Waals surface area contributed by atoms with Crippen LogP contribution in [0.5, 0.6) is 0 Å². The van der Waals surface area contributed by atoms with Crippen LogP contribution in [0, 0.1) is 18.7 Å². The number of hydrogen-bond acceptors (Lipinski definition) is 1. The highest BCUT2D eigenvalue weighted by Gasteiger charge is 2.29. The Labute approximate surface area is 101 Å². The highest BCUT2D eigenvalue weighted by Crippen LogP contribution is 2.35. The van der Waals surface area contributed by atoms with Crippen molar-refractivity contribution in [3.8, 4) is 0 Å². The van der Waals surface area contributed by atoms with Crippen LogP contribution >= 0.6 is 11.6 Å². The Morgan fingerprint density at radius 1 is 1.50 bits per heavy atom. The van der Waals surface area contributed by atoms with Crippen LogP contribution in [0.3, 0.4) is 0 Å². The maximum atomic E-state index is 13.0. The van der Waals surface area contributed by atoms with Crippen LogP contribution in [0.2, 0.25) is 0 Å². The average Bonchev–Trinajstić information content (AvgIpc) is 3.06. The lowest BCUT2D eigenvalue weighted by atomic mass is 10.1. The second-order valence-electron chi connectivity index (χ2n) is 4.56. The zero-order chi connectivity index (χ0) is 11.5. The Bertz CT molecular complexity index is 363. The van der Waals surface area contributed by atoms with Crippen LogP contribution in [-0.2, 0) is 6.54 Å². The number of rotatable bonds is 5. The first-order valence-corrected chi connectivity index (χ1v) is 6.20. The smallest absolute Gasteiger partial charge is 0.123 e. The molecule has 1 saturated carbocycles. The van der Waals surface area contributed by atoms with E-state index in [-0.39, 0.29) is 11.2 Å². The summed E-state index contributed by atoms with van der Waals surface area (Å²) in [7, 11) is 0. The Balaban J connectivity index is 1.81. The van der Waals surface area contributed by atoms with E-state index < -0.39 is 0 Å². The molecule has 0 aliphatic heterocycles. The second-order valence-corrected chi connectivity index (χ2v) is 5.12. The van der Waals surface area contributed by atoms with Crippen molar-refractivity contribution >= 4 is 11.6 Å². The lowest BCUT2D eigenvalue weighted by molar-refractivity contribution is 0.604. The van der Waals surface area contributed by atoms with E-state index in [4.69, 9.17) is 11.6 Å². The van der Waals surface area contributed by atoms with Gasteiger partial charge in [-0.3, -0.25) is 0 Å². The fraction of sp³-hybridized carbons (Fsp3) is 0.538. The first kappa shape index (κ1) is 11.9. The molecule has 0 radical (unpaired) electrons. The molecule has 1 N–H and O–H groups in total. The molecule has 1 atom stereocenters. The summed E-state index contributed by atoms with van der Waals surface area (Å²) in [4.78, 5) is 0. The van der Waals surface area contributed by atoms with Crippen molar-refractivity contribution in [1.29, 1.82) is 0 Å². The van der Waals surface area contributed by atoms with Crippen LogP contribution < -0.4 is 5.32 Å². The number of benzene rings is 1. The molecule has 0 bridgehead atoms. The van der Waals surface area contributed by atoms with Crippen molar-refractivity contribution in [1.82, 2.24) is 5.32 Å². The lowest BCUT2D eigenvalue weighted by Gasteiger charge is -2.11. The molecule has 1 aliphatic carbocycles. The van der Waals surface area contributed by atoms with Crippen molar-refractivity contribution < 1.29 is 4.39 Å². The van der Waals surface area contributed by atoms with Crippen molar-refractivity contribution in [3.05, 3.63) is 35.1 Å². The van der Waals surface area contributed by atoms with Gasteiger partial charge in [0.2, 0.25) is 0 Å². The summed E-state index contributed by atoms with van der Waals surface area (Å²) < 4.78 is 13.0. The number of halogens is 2. The number of alkyl halides is 1. The molecular formula is C13H17ClFN. The molecule has 88 valence electrons. The molecule has 0 amide bonds. The maximum Gasteiger partial charge on any atom is 0.123 e. The molecule has 1 fully saturated rings. The van der Waals surface area contributed by atoms with Crippen molar-refractivity contribution in [2.75, 3.05) is 6.54 Å². The molecule has 0 aromatic heterocycles. The van der Waals surface area contributed by atoms with Gasteiger partial charge in [-0.15, -0.1) is 11.6 Å². The molecule has 1 aromatic rings. The zero-order valence-electron chi connectivity index (χ0n) is 9.47. The third-order valence-electron chi connectivity index (χ3n) is 3.10. The number of hydrogen-bond donors (Lipinski definition) is 1. The third kappa shape index (κ3) is 3.19. The van der Waals surface area contributed by atoms with Crippen molar-refractivity contribution in [2.45, 2.75) is 31.7 Å². The van der Waals surface area contributed by atoms with E-state index in [9.17, 15) is 4.39 Å². The topological polar surface area (TPSA) is 12.0 Å². The van der Waals surface area contributed by atoms with Gasteiger partial charge in [0, 0.05) is 18.5 Å². The van der Waals surface area contributed by atoms with E-state index in [0.717, 1.165) is 17.7 Å². The van der Waals surface area contributed by atoms with E-state index in [1.165, 1.54) is 18.9 Å². The zero-order valence-corrected chi connectivity index (χ0v) is 10.2. The van der Waals surface area contributed by atoms with Crippen LogP contribution in [0.25, 0.3) is 0 Å². The van der Waals surface area contributed by atoms with Crippen molar-refractivity contribution in [2.24, 2.45) is 5.92 Å². The normalized spacial score (nSPS) is 17.4. The fourth-order valence-electron chi connectivity index (χ4n) is 1.80. The lowest BCUT2D eigenvalue weighted by Crippen LogP contribution is -2.24. The summed E-state index contributed by atoms with van der Waals surface area (Å²) in [6, 6.07) is 4.89. The number of aryl methyl sites for hydroxylation is 1. The van der Waals surface area contributed by atoms with Gasteiger partial charge in [-0.2, -0.15) is 0 Å². The maximum absolute atomic E-state index is 13.0. The van der Waals surface area contributed by atoms with Gasteiger partial charge in [0.1, 0.15) is 5.82 Å². The molecule has 0 spiro atoms. The van der Waals surface area contributed by atoms with Crippen molar-refractivity contribution in [3.63, 3.8) is 0 Å². The first-order chi connectivity index (χ1) is 7.66. The minimum atomic E-state index is -0.174. The quantitative estimate of drug-likeness (QED) is 0.781. The van der Waals surface area contributed by atoms with E-state index in [1.54, 1.807) is 6.07 Å². The molecular weight excluding hydrogens is 225 g/mol. The van der Waals surface area contributed by atoms with Gasteiger partial charge >= 0.3 is 0 Å². The van der Waals surface area contributed by atoms with Gasteiger partial charge in [0.05, 0.1) is 0 Å². The third-order valence-corrected chi connectivity index (χ3v) is 3.61. The summed E-state index contributed by atoms with van der Waals surface area (Å²) in [5, 5.41) is 3.52. The van der Waals surface area contributed by atoms with E-state index in [1.807, 2.05) is 13.0 Å². The Kier molecular flexibility index (Phi) is 3.82. The minimum absolute atomic E-state index is 0.174. The van der Waals surface area contributed by atoms with Crippen LogP contribution in [0.15, 0.2) is 18.2 Å². The molecule has 2 rings (SSSR count). The highest BCUT2D eigenvalue weighted by molar-refractivity contribution is 6.21. The minimum Gasteiger partial charge on any atom is -0.311 e. The van der Waals surface area contributed by atoms with Crippen LogP contribution in [-0.4, -0.2) is 11.9 Å². The van der Waals surface area contributed by atoms with Gasteiger partial charge in [0.25, 0.3) is 0 Å². The molecule has 0 heterocycles. The van der Waals surface area contributed by atoms with Gasteiger partial charge in [-0.1, -0.05) is 6.07 Å². The first-order valence-electron chi connectivity index (χ1n) is 5.76. The molecule has 3 heteroatoms. The average molecular weight is 242 g/mol. The molecule has 1 unspecified atom stereocenters. The largest absolute Gasteiger partial charge is 0.311 e. The summed E-state index contributed by atoms with van der Waals surface area (Å²) >= 11 is 6.18. The van der Waals surface area contributed by atoms with E-state index in [0.29, 0.717) is 12.5 Å². The Morgan fingerprint density at radius 2 is 2.25 bits per heavy atom. The van der Waals surface area contributed by atoms with Gasteiger partial charge in [0.15, 0.2) is 0 Å². The van der Waals surface area contributed by atoms with Gasteiger partial charge in [-0.05, 0) is 48.9 Å². The molecule has 0 saturated heterocycles. The van der Waals surface area contributed by atoms with E-state index >= 15 is 0 Å². The summed E-state index contributed by atoms with van der Waals surface area (Å²) in [5.41, 5.74) is 2.13. The van der Waals surface area contributed by atoms with Crippen LogP contribution in [0.1, 0.15) is 24.0 Å². The molecule has 1 nitrogen and oxygen atoms in total.